The molecule has 6 heteroatoms. The maximum Gasteiger partial charge on any atom is 0.336 e. The van der Waals surface area contributed by atoms with Gasteiger partial charge in [-0.3, -0.25) is 4.79 Å². The van der Waals surface area contributed by atoms with Crippen molar-refractivity contribution in [1.29, 1.82) is 0 Å². The van der Waals surface area contributed by atoms with Gasteiger partial charge < -0.3 is 10.5 Å². The fourth-order valence-corrected chi connectivity index (χ4v) is 2.64. The third-order valence-electron chi connectivity index (χ3n) is 4.05. The summed E-state index contributed by atoms with van der Waals surface area (Å²) in [5.41, 5.74) is 8.06. The second-order valence-corrected chi connectivity index (χ2v) is 8.10. The summed E-state index contributed by atoms with van der Waals surface area (Å²) in [6, 6.07) is 18.7. The summed E-state index contributed by atoms with van der Waals surface area (Å²) in [4.78, 5) is 14.6. The first-order valence-electron chi connectivity index (χ1n) is 10.3. The number of hydrogen-bond donors (Lipinski definition) is 1. The van der Waals surface area contributed by atoms with E-state index >= 15 is 0 Å². The topological polar surface area (TPSA) is 83.0 Å². The quantitative estimate of drug-likeness (QED) is 0.609. The van der Waals surface area contributed by atoms with Gasteiger partial charge in [-0.15, -0.1) is 5.10 Å². The molecule has 1 amide bonds. The summed E-state index contributed by atoms with van der Waals surface area (Å²) < 4.78 is 7.55. The number of aryl methyl sites for hydroxylation is 1. The number of amides is 1. The maximum atomic E-state index is 10.0. The number of aromatic nitrogens is 3. The maximum absolute atomic E-state index is 10.0. The van der Waals surface area contributed by atoms with Crippen molar-refractivity contribution < 1.29 is 9.53 Å². The number of nitrogens with zero attached hydrogens (tertiary/aromatic N) is 3. The van der Waals surface area contributed by atoms with E-state index < -0.39 is 0 Å². The van der Waals surface area contributed by atoms with Crippen LogP contribution in [-0.4, -0.2) is 27.3 Å². The highest BCUT2D eigenvalue weighted by atomic mass is 16.5. The van der Waals surface area contributed by atoms with Crippen LogP contribution in [-0.2, 0) is 4.79 Å². The molecule has 3 aromatic rings. The Bertz CT molecular complexity index is 916. The number of ether oxygens (including phenoxy) is 1. The average molecular weight is 409 g/mol. The van der Waals surface area contributed by atoms with Crippen LogP contribution in [0.4, 0.5) is 0 Å². The van der Waals surface area contributed by atoms with Crippen molar-refractivity contribution in [3.63, 3.8) is 0 Å². The molecule has 1 heterocycles. The Morgan fingerprint density at radius 3 is 2.13 bits per heavy atom. The van der Waals surface area contributed by atoms with Gasteiger partial charge in [0, 0.05) is 12.0 Å². The van der Waals surface area contributed by atoms with Gasteiger partial charge in [-0.1, -0.05) is 75.7 Å². The Balaban J connectivity index is 0.000000396. The molecule has 0 radical (unpaired) electrons. The van der Waals surface area contributed by atoms with Crippen LogP contribution in [0.1, 0.15) is 39.7 Å². The van der Waals surface area contributed by atoms with Gasteiger partial charge in [0.15, 0.2) is 5.82 Å². The summed E-state index contributed by atoms with van der Waals surface area (Å²) >= 11 is 0. The predicted molar refractivity (Wildman–Crippen MR) is 121 cm³/mol. The average Bonchev–Trinajstić information content (AvgIpc) is 3.11. The minimum atomic E-state index is -0.213. The van der Waals surface area contributed by atoms with Gasteiger partial charge in [-0.05, 0) is 30.9 Å². The summed E-state index contributed by atoms with van der Waals surface area (Å²) in [6.07, 6.45) is 0.500. The summed E-state index contributed by atoms with van der Waals surface area (Å²) in [7, 11) is 0. The Morgan fingerprint density at radius 2 is 1.63 bits per heavy atom. The molecular formula is C24H32N4O2. The number of primary amides is 1. The molecule has 0 fully saturated rings. The smallest absolute Gasteiger partial charge is 0.336 e. The second kappa shape index (κ2) is 11.1. The molecule has 2 N–H and O–H groups in total. The largest absolute Gasteiger partial charge is 0.462 e. The number of nitrogens with two attached hydrogens (primary N) is 1. The minimum absolute atomic E-state index is 0.213. The van der Waals surface area contributed by atoms with Crippen molar-refractivity contribution in [2.75, 3.05) is 6.61 Å². The van der Waals surface area contributed by atoms with Crippen LogP contribution in [0.15, 0.2) is 54.6 Å². The molecule has 2 aromatic carbocycles. The number of carbonyl (C=O) groups excluding carboxylic acids is 1. The summed E-state index contributed by atoms with van der Waals surface area (Å²) in [5, 5.41) is 4.53. The van der Waals surface area contributed by atoms with E-state index in [1.54, 1.807) is 0 Å². The lowest BCUT2D eigenvalue weighted by atomic mass is 10.1. The minimum Gasteiger partial charge on any atom is -0.462 e. The van der Waals surface area contributed by atoms with Gasteiger partial charge in [0.1, 0.15) is 0 Å². The lowest BCUT2D eigenvalue weighted by Crippen LogP contribution is -2.12. The molecule has 0 spiro atoms. The van der Waals surface area contributed by atoms with E-state index in [2.05, 4.69) is 55.1 Å². The van der Waals surface area contributed by atoms with Gasteiger partial charge in [-0.25, -0.2) is 4.68 Å². The van der Waals surface area contributed by atoms with E-state index in [4.69, 9.17) is 10.5 Å². The highest BCUT2D eigenvalue weighted by Gasteiger charge is 2.14. The third kappa shape index (κ3) is 7.35. The Kier molecular flexibility index (Phi) is 8.59. The number of benzene rings is 2. The molecule has 0 aliphatic carbocycles. The predicted octanol–water partition coefficient (Wildman–Crippen LogP) is 4.80. The first-order chi connectivity index (χ1) is 14.3. The fraction of sp³-hybridized carbons (Fsp3) is 0.375. The molecule has 0 saturated carbocycles. The van der Waals surface area contributed by atoms with Gasteiger partial charge in [0.05, 0.1) is 12.3 Å². The van der Waals surface area contributed by atoms with E-state index in [9.17, 15) is 4.79 Å². The number of rotatable bonds is 7. The van der Waals surface area contributed by atoms with Gasteiger partial charge in [-0.2, -0.15) is 4.98 Å². The first kappa shape index (κ1) is 23.1. The van der Waals surface area contributed by atoms with Gasteiger partial charge in [0.2, 0.25) is 5.91 Å². The summed E-state index contributed by atoms with van der Waals surface area (Å²) in [6.45, 7) is 10.8. The van der Waals surface area contributed by atoms with Crippen molar-refractivity contribution in [3.8, 4) is 23.1 Å². The van der Waals surface area contributed by atoms with Crippen LogP contribution < -0.4 is 10.5 Å². The molecule has 160 valence electrons. The lowest BCUT2D eigenvalue weighted by Gasteiger charge is -2.05. The van der Waals surface area contributed by atoms with E-state index in [1.807, 2.05) is 48.9 Å². The van der Waals surface area contributed by atoms with Gasteiger partial charge >= 0.3 is 6.01 Å². The van der Waals surface area contributed by atoms with Crippen molar-refractivity contribution in [3.05, 3.63) is 60.2 Å². The number of hydrogen-bond acceptors (Lipinski definition) is 4. The molecule has 0 bridgehead atoms. The molecule has 0 unspecified atom stereocenters. The molecule has 6 nitrogen and oxygen atoms in total. The second-order valence-electron chi connectivity index (χ2n) is 8.10. The van der Waals surface area contributed by atoms with E-state index in [-0.39, 0.29) is 5.91 Å². The SMILES string of the molecule is CC(C)CC(N)=O.Cc1ccc(-c2nc(OCC(C)C)nn2-c2ccccc2)cc1. The van der Waals surface area contributed by atoms with Crippen LogP contribution in [0.5, 0.6) is 6.01 Å². The van der Waals surface area contributed by atoms with E-state index in [0.717, 1.165) is 17.1 Å². The molecule has 3 rings (SSSR count). The lowest BCUT2D eigenvalue weighted by molar-refractivity contribution is -0.118. The normalized spacial score (nSPS) is 10.6. The zero-order valence-corrected chi connectivity index (χ0v) is 18.5. The first-order valence-corrected chi connectivity index (χ1v) is 10.3. The Labute approximate surface area is 179 Å². The van der Waals surface area contributed by atoms with Crippen molar-refractivity contribution in [1.82, 2.24) is 14.8 Å². The van der Waals surface area contributed by atoms with Crippen molar-refractivity contribution in [2.24, 2.45) is 17.6 Å². The highest BCUT2D eigenvalue weighted by molar-refractivity contribution is 5.73. The molecule has 1 aromatic heterocycles. The molecular weight excluding hydrogens is 376 g/mol. The third-order valence-corrected chi connectivity index (χ3v) is 4.05. The number of carbonyl (C=O) groups is 1. The zero-order chi connectivity index (χ0) is 22.1. The Morgan fingerprint density at radius 1 is 1.00 bits per heavy atom. The van der Waals surface area contributed by atoms with Crippen LogP contribution in [0.25, 0.3) is 17.1 Å². The molecule has 30 heavy (non-hydrogen) atoms. The van der Waals surface area contributed by atoms with Gasteiger partial charge in [0.25, 0.3) is 0 Å². The number of para-hydroxylation sites is 1. The molecule has 0 aliphatic rings. The molecule has 0 aliphatic heterocycles. The summed E-state index contributed by atoms with van der Waals surface area (Å²) in [5.74, 6) is 1.41. The zero-order valence-electron chi connectivity index (χ0n) is 18.5. The standard InChI is InChI=1S/C19H21N3O.C5H11NO/c1-14(2)13-23-19-20-18(16-11-9-15(3)10-12-16)22(21-19)17-7-5-4-6-8-17;1-4(2)3-5(6)7/h4-12,14H,13H2,1-3H3;4H,3H2,1-2H3,(H2,6,7). The highest BCUT2D eigenvalue weighted by Crippen LogP contribution is 2.24. The van der Waals surface area contributed by atoms with Crippen LogP contribution in [0.3, 0.4) is 0 Å². The Hall–Kier alpha value is -3.15. The van der Waals surface area contributed by atoms with Crippen LogP contribution in [0, 0.1) is 18.8 Å². The van der Waals surface area contributed by atoms with E-state index in [1.165, 1.54) is 5.56 Å². The monoisotopic (exact) mass is 408 g/mol. The van der Waals surface area contributed by atoms with Crippen LogP contribution in [0.2, 0.25) is 0 Å². The fourth-order valence-electron chi connectivity index (χ4n) is 2.64. The molecule has 0 saturated heterocycles. The molecule has 0 atom stereocenters. The van der Waals surface area contributed by atoms with E-state index in [0.29, 0.717) is 30.9 Å². The van der Waals surface area contributed by atoms with Crippen molar-refractivity contribution in [2.45, 2.75) is 41.0 Å². The van der Waals surface area contributed by atoms with Crippen molar-refractivity contribution >= 4 is 5.91 Å². The van der Waals surface area contributed by atoms with Crippen LogP contribution >= 0.6 is 0 Å².